The summed E-state index contributed by atoms with van der Waals surface area (Å²) in [6.07, 6.45) is 5.53. The summed E-state index contributed by atoms with van der Waals surface area (Å²) in [6, 6.07) is 0.837. The normalized spacial score (nSPS) is 24.3. The van der Waals surface area contributed by atoms with E-state index in [2.05, 4.69) is 12.2 Å². The minimum atomic E-state index is 0. The van der Waals surface area contributed by atoms with E-state index in [0.29, 0.717) is 0 Å². The first-order chi connectivity index (χ1) is 3.93. The quantitative estimate of drug-likeness (QED) is 0.459. The van der Waals surface area contributed by atoms with Crippen LogP contribution >= 0.6 is 0 Å². The molecule has 0 aliphatic carbocycles. The summed E-state index contributed by atoms with van der Waals surface area (Å²) in [5.41, 5.74) is 0. The zero-order chi connectivity index (χ0) is 5.82. The van der Waals surface area contributed by atoms with Crippen LogP contribution < -0.4 is 17.7 Å². The largest absolute Gasteiger partial charge is 2.00 e. The van der Waals surface area contributed by atoms with E-state index in [9.17, 15) is 0 Å². The SMILES string of the molecule is CCC1CCCCN1.[Cl-].[Mg+2]. The molecule has 1 rings (SSSR count). The van der Waals surface area contributed by atoms with Gasteiger partial charge in [-0.25, -0.2) is 0 Å². The van der Waals surface area contributed by atoms with Gasteiger partial charge in [-0.05, 0) is 25.8 Å². The second kappa shape index (κ2) is 8.12. The fourth-order valence-electron chi connectivity index (χ4n) is 1.27. The van der Waals surface area contributed by atoms with E-state index in [4.69, 9.17) is 0 Å². The number of piperidine rings is 1. The summed E-state index contributed by atoms with van der Waals surface area (Å²) >= 11 is 0. The topological polar surface area (TPSA) is 12.0 Å². The summed E-state index contributed by atoms with van der Waals surface area (Å²) < 4.78 is 0. The molecule has 1 heterocycles. The number of hydrogen-bond donors (Lipinski definition) is 1. The molecule has 1 unspecified atom stereocenters. The molecule has 1 N–H and O–H groups in total. The van der Waals surface area contributed by atoms with Crippen molar-refractivity contribution in [1.82, 2.24) is 5.32 Å². The van der Waals surface area contributed by atoms with Gasteiger partial charge in [0.15, 0.2) is 0 Å². The summed E-state index contributed by atoms with van der Waals surface area (Å²) in [4.78, 5) is 0. The molecule has 0 bridgehead atoms. The summed E-state index contributed by atoms with van der Waals surface area (Å²) in [7, 11) is 0. The average molecular weight is 173 g/mol. The van der Waals surface area contributed by atoms with Crippen LogP contribution in [0, 0.1) is 0 Å². The molecule has 1 fully saturated rings. The first-order valence-corrected chi connectivity index (χ1v) is 3.67. The van der Waals surface area contributed by atoms with Gasteiger partial charge in [-0.15, -0.1) is 0 Å². The molecule has 0 spiro atoms. The molecule has 0 aromatic carbocycles. The van der Waals surface area contributed by atoms with Crippen molar-refractivity contribution in [1.29, 1.82) is 0 Å². The molecule has 0 amide bonds. The van der Waals surface area contributed by atoms with Crippen LogP contribution in [0.3, 0.4) is 0 Å². The fraction of sp³-hybridized carbons (Fsp3) is 1.00. The summed E-state index contributed by atoms with van der Waals surface area (Å²) in [5, 5.41) is 3.47. The molecule has 0 aromatic heterocycles. The summed E-state index contributed by atoms with van der Waals surface area (Å²) in [6.45, 7) is 3.50. The third-order valence-corrected chi connectivity index (χ3v) is 1.91. The maximum absolute atomic E-state index is 3.47. The van der Waals surface area contributed by atoms with Gasteiger partial charge in [0.2, 0.25) is 0 Å². The second-order valence-corrected chi connectivity index (χ2v) is 2.56. The van der Waals surface area contributed by atoms with Crippen molar-refractivity contribution in [3.8, 4) is 0 Å². The number of rotatable bonds is 1. The average Bonchev–Trinajstić information content (AvgIpc) is 1.90. The van der Waals surface area contributed by atoms with E-state index in [0.717, 1.165) is 6.04 Å². The Bertz CT molecular complexity index is 64.6. The Morgan fingerprint density at radius 1 is 1.40 bits per heavy atom. The van der Waals surface area contributed by atoms with Crippen LogP contribution in [-0.4, -0.2) is 35.6 Å². The number of nitrogens with one attached hydrogen (secondary N) is 1. The first kappa shape index (κ1) is 13.6. The maximum atomic E-state index is 3.47. The molecular formula is C7H15ClMgN+. The third kappa shape index (κ3) is 4.77. The van der Waals surface area contributed by atoms with E-state index in [1.807, 2.05) is 0 Å². The van der Waals surface area contributed by atoms with Gasteiger partial charge in [-0.2, -0.15) is 0 Å². The zero-order valence-electron chi connectivity index (χ0n) is 6.70. The van der Waals surface area contributed by atoms with Crippen LogP contribution in [0.2, 0.25) is 0 Å². The Kier molecular flexibility index (Phi) is 11.0. The smallest absolute Gasteiger partial charge is 1.00 e. The van der Waals surface area contributed by atoms with E-state index in [1.165, 1.54) is 32.2 Å². The molecule has 10 heavy (non-hydrogen) atoms. The monoisotopic (exact) mass is 172 g/mol. The van der Waals surface area contributed by atoms with Crippen molar-refractivity contribution in [3.63, 3.8) is 0 Å². The first-order valence-electron chi connectivity index (χ1n) is 3.67. The van der Waals surface area contributed by atoms with Crippen LogP contribution in [-0.2, 0) is 0 Å². The number of hydrogen-bond acceptors (Lipinski definition) is 1. The second-order valence-electron chi connectivity index (χ2n) is 2.56. The molecule has 1 nitrogen and oxygen atoms in total. The van der Waals surface area contributed by atoms with Gasteiger partial charge in [0, 0.05) is 6.04 Å². The number of halogens is 1. The zero-order valence-corrected chi connectivity index (χ0v) is 8.87. The standard InChI is InChI=1S/C7H15N.ClH.Mg/c1-2-7-5-3-4-6-8-7;;/h7-8H,2-6H2,1H3;1H;/q;;+2/p-1. The minimum absolute atomic E-state index is 0. The van der Waals surface area contributed by atoms with Crippen molar-refractivity contribution in [3.05, 3.63) is 0 Å². The van der Waals surface area contributed by atoms with E-state index >= 15 is 0 Å². The Labute approximate surface area is 85.9 Å². The van der Waals surface area contributed by atoms with Crippen LogP contribution in [0.1, 0.15) is 32.6 Å². The van der Waals surface area contributed by atoms with E-state index < -0.39 is 0 Å². The van der Waals surface area contributed by atoms with E-state index in [1.54, 1.807) is 0 Å². The Morgan fingerprint density at radius 3 is 2.40 bits per heavy atom. The van der Waals surface area contributed by atoms with Crippen LogP contribution in [0.25, 0.3) is 0 Å². The van der Waals surface area contributed by atoms with Gasteiger partial charge in [0.1, 0.15) is 0 Å². The summed E-state index contributed by atoms with van der Waals surface area (Å²) in [5.74, 6) is 0. The van der Waals surface area contributed by atoms with Gasteiger partial charge in [-0.3, -0.25) is 0 Å². The molecule has 3 heteroatoms. The fourth-order valence-corrected chi connectivity index (χ4v) is 1.27. The van der Waals surface area contributed by atoms with E-state index in [-0.39, 0.29) is 35.5 Å². The van der Waals surface area contributed by atoms with Gasteiger partial charge < -0.3 is 17.7 Å². The minimum Gasteiger partial charge on any atom is -1.00 e. The molecule has 0 saturated carbocycles. The maximum Gasteiger partial charge on any atom is 2.00 e. The third-order valence-electron chi connectivity index (χ3n) is 1.91. The Morgan fingerprint density at radius 2 is 2.10 bits per heavy atom. The van der Waals surface area contributed by atoms with Crippen molar-refractivity contribution in [2.75, 3.05) is 6.54 Å². The molecular weight excluding hydrogens is 158 g/mol. The van der Waals surface area contributed by atoms with Crippen LogP contribution in [0.5, 0.6) is 0 Å². The molecule has 1 aliphatic rings. The van der Waals surface area contributed by atoms with Gasteiger partial charge in [0.25, 0.3) is 0 Å². The molecule has 0 aromatic rings. The molecule has 56 valence electrons. The van der Waals surface area contributed by atoms with Gasteiger partial charge in [-0.1, -0.05) is 13.3 Å². The van der Waals surface area contributed by atoms with Crippen molar-refractivity contribution < 1.29 is 12.4 Å². The van der Waals surface area contributed by atoms with Gasteiger partial charge >= 0.3 is 23.1 Å². The molecule has 1 aliphatic heterocycles. The predicted octanol–water partition coefficient (Wildman–Crippen LogP) is -1.84. The Hall–Kier alpha value is 1.02. The van der Waals surface area contributed by atoms with Gasteiger partial charge in [0.05, 0.1) is 0 Å². The van der Waals surface area contributed by atoms with Crippen molar-refractivity contribution in [2.24, 2.45) is 0 Å². The Balaban J connectivity index is 0. The van der Waals surface area contributed by atoms with Crippen molar-refractivity contribution in [2.45, 2.75) is 38.6 Å². The molecule has 1 atom stereocenters. The predicted molar refractivity (Wildman–Crippen MR) is 41.7 cm³/mol. The van der Waals surface area contributed by atoms with Crippen LogP contribution in [0.15, 0.2) is 0 Å². The van der Waals surface area contributed by atoms with Crippen molar-refractivity contribution >= 4 is 23.1 Å². The molecule has 0 radical (unpaired) electrons. The van der Waals surface area contributed by atoms with Crippen LogP contribution in [0.4, 0.5) is 0 Å². The molecule has 1 saturated heterocycles.